The van der Waals surface area contributed by atoms with E-state index in [9.17, 15) is 9.59 Å². The van der Waals surface area contributed by atoms with E-state index in [1.54, 1.807) is 17.0 Å². The highest BCUT2D eigenvalue weighted by atomic mass is 35.5. The number of nitrogens with two attached hydrogens (primary N) is 1. The van der Waals surface area contributed by atoms with E-state index in [0.717, 1.165) is 5.56 Å². The minimum absolute atomic E-state index is 0. The highest BCUT2D eigenvalue weighted by Gasteiger charge is 2.37. The lowest BCUT2D eigenvalue weighted by atomic mass is 10.1. The average Bonchev–Trinajstić information content (AvgIpc) is 2.99. The Morgan fingerprint density at radius 2 is 2.00 bits per heavy atom. The standard InChI is InChI=1S/C18H20N4O2.ClH/c1-12(13-5-3-2-4-6-13)22-11-14(9-17(22)23)18(24)21-15-7-8-16(19)20-10-15;/h2-8,10,12,14H,9,11H2,1H3,(H2,19,20)(H,21,24);1H. The number of benzene rings is 1. The maximum Gasteiger partial charge on any atom is 0.229 e. The summed E-state index contributed by atoms with van der Waals surface area (Å²) in [7, 11) is 0. The molecule has 0 radical (unpaired) electrons. The number of nitrogens with one attached hydrogen (secondary N) is 1. The van der Waals surface area contributed by atoms with Crippen LogP contribution < -0.4 is 11.1 Å². The smallest absolute Gasteiger partial charge is 0.229 e. The summed E-state index contributed by atoms with van der Waals surface area (Å²) in [6, 6.07) is 13.1. The van der Waals surface area contributed by atoms with E-state index in [-0.39, 0.29) is 42.6 Å². The number of likely N-dealkylation sites (tertiary alicyclic amines) is 1. The Balaban J connectivity index is 0.00000225. The molecule has 0 bridgehead atoms. The summed E-state index contributed by atoms with van der Waals surface area (Å²) in [5.41, 5.74) is 7.17. The Hall–Kier alpha value is -2.60. The summed E-state index contributed by atoms with van der Waals surface area (Å²) >= 11 is 0. The molecule has 1 aliphatic rings. The molecule has 2 heterocycles. The van der Waals surface area contributed by atoms with Crippen molar-refractivity contribution in [3.8, 4) is 0 Å². The highest BCUT2D eigenvalue weighted by Crippen LogP contribution is 2.29. The van der Waals surface area contributed by atoms with Gasteiger partial charge in [-0.25, -0.2) is 4.98 Å². The predicted octanol–water partition coefficient (Wildman–Crippen LogP) is 2.63. The van der Waals surface area contributed by atoms with Gasteiger partial charge >= 0.3 is 0 Å². The van der Waals surface area contributed by atoms with E-state index in [1.165, 1.54) is 6.20 Å². The molecule has 2 amide bonds. The van der Waals surface area contributed by atoms with Crippen molar-refractivity contribution in [1.82, 2.24) is 9.88 Å². The first-order valence-electron chi connectivity index (χ1n) is 7.91. The zero-order valence-electron chi connectivity index (χ0n) is 13.9. The summed E-state index contributed by atoms with van der Waals surface area (Å²) in [6.07, 6.45) is 1.74. The number of anilines is 2. The second-order valence-electron chi connectivity index (χ2n) is 5.99. The number of halogens is 1. The van der Waals surface area contributed by atoms with E-state index in [4.69, 9.17) is 5.73 Å². The third-order valence-corrected chi connectivity index (χ3v) is 4.33. The third-order valence-electron chi connectivity index (χ3n) is 4.33. The number of pyridine rings is 1. The summed E-state index contributed by atoms with van der Waals surface area (Å²) in [4.78, 5) is 30.4. The van der Waals surface area contributed by atoms with Crippen LogP contribution in [0.15, 0.2) is 48.7 Å². The highest BCUT2D eigenvalue weighted by molar-refractivity contribution is 5.97. The van der Waals surface area contributed by atoms with Crippen LogP contribution in [0.5, 0.6) is 0 Å². The second kappa shape index (κ2) is 7.98. The van der Waals surface area contributed by atoms with Crippen LogP contribution in [0.4, 0.5) is 11.5 Å². The Bertz CT molecular complexity index is 737. The molecule has 7 heteroatoms. The molecule has 0 aliphatic carbocycles. The van der Waals surface area contributed by atoms with Crippen LogP contribution in [0.25, 0.3) is 0 Å². The van der Waals surface area contributed by atoms with Gasteiger partial charge < -0.3 is 16.0 Å². The number of nitrogens with zero attached hydrogens (tertiary/aromatic N) is 2. The zero-order chi connectivity index (χ0) is 17.1. The van der Waals surface area contributed by atoms with Crippen LogP contribution in [0.3, 0.4) is 0 Å². The quantitative estimate of drug-likeness (QED) is 0.877. The van der Waals surface area contributed by atoms with Crippen molar-refractivity contribution in [3.05, 3.63) is 54.2 Å². The largest absolute Gasteiger partial charge is 0.384 e. The molecule has 2 aromatic rings. The Morgan fingerprint density at radius 1 is 1.28 bits per heavy atom. The van der Waals surface area contributed by atoms with Crippen LogP contribution >= 0.6 is 12.4 Å². The number of carbonyl (C=O) groups is 2. The molecule has 132 valence electrons. The molecule has 1 aliphatic heterocycles. The number of rotatable bonds is 4. The second-order valence-corrected chi connectivity index (χ2v) is 5.99. The first-order valence-corrected chi connectivity index (χ1v) is 7.91. The van der Waals surface area contributed by atoms with E-state index in [1.807, 2.05) is 37.3 Å². The summed E-state index contributed by atoms with van der Waals surface area (Å²) < 4.78 is 0. The van der Waals surface area contributed by atoms with E-state index in [0.29, 0.717) is 18.1 Å². The Kier molecular flexibility index (Phi) is 5.98. The first-order chi connectivity index (χ1) is 11.5. The van der Waals surface area contributed by atoms with Crippen molar-refractivity contribution < 1.29 is 9.59 Å². The van der Waals surface area contributed by atoms with E-state index >= 15 is 0 Å². The van der Waals surface area contributed by atoms with Gasteiger partial charge in [0.05, 0.1) is 23.8 Å². The number of aromatic nitrogens is 1. The van der Waals surface area contributed by atoms with Gasteiger partial charge in [-0.2, -0.15) is 0 Å². The molecule has 1 aromatic carbocycles. The molecule has 2 unspecified atom stereocenters. The number of hydrogen-bond acceptors (Lipinski definition) is 4. The van der Waals surface area contributed by atoms with Gasteiger partial charge in [-0.15, -0.1) is 12.4 Å². The van der Waals surface area contributed by atoms with E-state index in [2.05, 4.69) is 10.3 Å². The first kappa shape index (κ1) is 18.7. The molecule has 1 saturated heterocycles. The normalized spacial score (nSPS) is 17.7. The van der Waals surface area contributed by atoms with Crippen molar-refractivity contribution in [2.75, 3.05) is 17.6 Å². The van der Waals surface area contributed by atoms with Crippen molar-refractivity contribution in [2.45, 2.75) is 19.4 Å². The van der Waals surface area contributed by atoms with Crippen LogP contribution in [0, 0.1) is 5.92 Å². The number of amides is 2. The van der Waals surface area contributed by atoms with Gasteiger partial charge in [0.25, 0.3) is 0 Å². The fraction of sp³-hybridized carbons (Fsp3) is 0.278. The predicted molar refractivity (Wildman–Crippen MR) is 99.2 cm³/mol. The molecule has 3 N–H and O–H groups in total. The molecular weight excluding hydrogens is 340 g/mol. The minimum atomic E-state index is -0.360. The van der Waals surface area contributed by atoms with Gasteiger partial charge in [-0.1, -0.05) is 30.3 Å². The summed E-state index contributed by atoms with van der Waals surface area (Å²) in [6.45, 7) is 2.40. The third kappa shape index (κ3) is 4.28. The van der Waals surface area contributed by atoms with Crippen LogP contribution in [0.2, 0.25) is 0 Å². The number of hydrogen-bond donors (Lipinski definition) is 2. The molecule has 6 nitrogen and oxygen atoms in total. The molecule has 1 fully saturated rings. The number of nitrogen functional groups attached to an aromatic ring is 1. The lowest BCUT2D eigenvalue weighted by Gasteiger charge is -2.25. The van der Waals surface area contributed by atoms with Crippen molar-refractivity contribution in [2.24, 2.45) is 5.92 Å². The summed E-state index contributed by atoms with van der Waals surface area (Å²) in [5, 5.41) is 2.79. The number of carbonyl (C=O) groups excluding carboxylic acids is 2. The van der Waals surface area contributed by atoms with E-state index < -0.39 is 0 Å². The Morgan fingerprint density at radius 3 is 2.64 bits per heavy atom. The zero-order valence-corrected chi connectivity index (χ0v) is 14.7. The minimum Gasteiger partial charge on any atom is -0.384 e. The molecule has 2 atom stereocenters. The fourth-order valence-electron chi connectivity index (χ4n) is 2.92. The SMILES string of the molecule is CC(c1ccccc1)N1CC(C(=O)Nc2ccc(N)nc2)CC1=O.Cl. The summed E-state index contributed by atoms with van der Waals surface area (Å²) in [5.74, 6) is -0.132. The lowest BCUT2D eigenvalue weighted by Crippen LogP contribution is -2.30. The molecule has 0 saturated carbocycles. The van der Waals surface area contributed by atoms with Crippen molar-refractivity contribution in [3.63, 3.8) is 0 Å². The Labute approximate surface area is 152 Å². The van der Waals surface area contributed by atoms with Crippen LogP contribution in [0.1, 0.15) is 24.9 Å². The van der Waals surface area contributed by atoms with Gasteiger partial charge in [-0.3, -0.25) is 9.59 Å². The van der Waals surface area contributed by atoms with Gasteiger partial charge in [0.2, 0.25) is 11.8 Å². The molecule has 3 rings (SSSR count). The fourth-order valence-corrected chi connectivity index (χ4v) is 2.92. The topological polar surface area (TPSA) is 88.3 Å². The van der Waals surface area contributed by atoms with Crippen LogP contribution in [-0.2, 0) is 9.59 Å². The maximum atomic E-state index is 12.4. The van der Waals surface area contributed by atoms with Gasteiger partial charge in [0, 0.05) is 13.0 Å². The monoisotopic (exact) mass is 360 g/mol. The van der Waals surface area contributed by atoms with Gasteiger partial charge in [0.1, 0.15) is 5.82 Å². The molecule has 25 heavy (non-hydrogen) atoms. The molecular formula is C18H21ClN4O2. The van der Waals surface area contributed by atoms with Crippen LogP contribution in [-0.4, -0.2) is 28.2 Å². The molecule has 1 aromatic heterocycles. The molecule has 0 spiro atoms. The van der Waals surface area contributed by atoms with Gasteiger partial charge in [0.15, 0.2) is 0 Å². The van der Waals surface area contributed by atoms with Crippen molar-refractivity contribution >= 4 is 35.7 Å². The maximum absolute atomic E-state index is 12.4. The van der Waals surface area contributed by atoms with Gasteiger partial charge in [-0.05, 0) is 24.6 Å². The lowest BCUT2D eigenvalue weighted by molar-refractivity contribution is -0.129. The average molecular weight is 361 g/mol. The van der Waals surface area contributed by atoms with Crippen molar-refractivity contribution in [1.29, 1.82) is 0 Å².